The lowest BCUT2D eigenvalue weighted by molar-refractivity contribution is -0.152. The Labute approximate surface area is 220 Å². The molecule has 0 fully saturated rings. The van der Waals surface area contributed by atoms with Gasteiger partial charge in [0.05, 0.1) is 0 Å². The Hall–Kier alpha value is -4.52. The average molecular weight is 516 g/mol. The van der Waals surface area contributed by atoms with Crippen LogP contribution in [0.1, 0.15) is 31.1 Å². The van der Waals surface area contributed by atoms with Gasteiger partial charge in [-0.3, -0.25) is 14.5 Å². The Bertz CT molecular complexity index is 1410. The summed E-state index contributed by atoms with van der Waals surface area (Å²) in [6.07, 6.45) is 0. The summed E-state index contributed by atoms with van der Waals surface area (Å²) in [7, 11) is 0. The maximum absolute atomic E-state index is 14.5. The summed E-state index contributed by atoms with van der Waals surface area (Å²) >= 11 is 0. The number of amides is 1. The number of para-hydroxylation sites is 1. The van der Waals surface area contributed by atoms with Crippen LogP contribution < -0.4 is 9.64 Å². The second kappa shape index (κ2) is 11.3. The molecule has 0 unspecified atom stereocenters. The number of benzene rings is 4. The van der Waals surface area contributed by atoms with E-state index >= 15 is 0 Å². The SMILES string of the molecule is CC(C)(C)OC(=O)CN(C(=O)c1c(F)cccc1F)c1cccc(-c2ccc(Oc3ccccc3)cc2)c1. The first-order valence-corrected chi connectivity index (χ1v) is 12.0. The molecule has 4 aromatic carbocycles. The number of rotatable bonds is 7. The van der Waals surface area contributed by atoms with E-state index in [1.807, 2.05) is 60.7 Å². The summed E-state index contributed by atoms with van der Waals surface area (Å²) in [6.45, 7) is 4.55. The highest BCUT2D eigenvalue weighted by molar-refractivity contribution is 6.09. The normalized spacial score (nSPS) is 11.1. The molecule has 0 saturated carbocycles. The van der Waals surface area contributed by atoms with Gasteiger partial charge in [0.2, 0.25) is 0 Å². The molecular formula is C31H27F2NO4. The van der Waals surface area contributed by atoms with Crippen LogP contribution in [-0.4, -0.2) is 24.0 Å². The number of hydrogen-bond acceptors (Lipinski definition) is 4. The van der Waals surface area contributed by atoms with Crippen molar-refractivity contribution in [3.8, 4) is 22.6 Å². The van der Waals surface area contributed by atoms with Gasteiger partial charge < -0.3 is 9.47 Å². The number of anilines is 1. The van der Waals surface area contributed by atoms with Crippen molar-refractivity contribution >= 4 is 17.6 Å². The third kappa shape index (κ3) is 6.62. The highest BCUT2D eigenvalue weighted by Gasteiger charge is 2.28. The highest BCUT2D eigenvalue weighted by atomic mass is 19.1. The molecule has 0 aromatic heterocycles. The number of carbonyl (C=O) groups excluding carboxylic acids is 2. The van der Waals surface area contributed by atoms with E-state index in [0.29, 0.717) is 11.5 Å². The standard InChI is InChI=1S/C31H27F2NO4/c1-31(2,3)38-28(35)20-34(30(36)29-26(32)13-8-14-27(29)33)23-10-7-9-22(19-23)21-15-17-25(18-16-21)37-24-11-5-4-6-12-24/h4-19H,20H2,1-3H3. The van der Waals surface area contributed by atoms with Gasteiger partial charge in [0.25, 0.3) is 5.91 Å². The molecular weight excluding hydrogens is 488 g/mol. The van der Waals surface area contributed by atoms with Crippen LogP contribution in [0.5, 0.6) is 11.5 Å². The lowest BCUT2D eigenvalue weighted by Crippen LogP contribution is -2.39. The van der Waals surface area contributed by atoms with Gasteiger partial charge in [-0.1, -0.05) is 48.5 Å². The second-order valence-corrected chi connectivity index (χ2v) is 9.56. The molecule has 0 heterocycles. The van der Waals surface area contributed by atoms with Crippen molar-refractivity contribution in [3.63, 3.8) is 0 Å². The first-order chi connectivity index (χ1) is 18.1. The number of halogens is 2. The van der Waals surface area contributed by atoms with Crippen molar-refractivity contribution in [2.24, 2.45) is 0 Å². The topological polar surface area (TPSA) is 55.8 Å². The summed E-state index contributed by atoms with van der Waals surface area (Å²) in [4.78, 5) is 27.1. The quantitative estimate of drug-likeness (QED) is 0.241. The van der Waals surface area contributed by atoms with Gasteiger partial charge in [-0.05, 0) is 80.4 Å². The van der Waals surface area contributed by atoms with Gasteiger partial charge in [0.1, 0.15) is 40.8 Å². The van der Waals surface area contributed by atoms with Crippen LogP contribution in [0.15, 0.2) is 97.1 Å². The lowest BCUT2D eigenvalue weighted by atomic mass is 10.0. The van der Waals surface area contributed by atoms with Gasteiger partial charge >= 0.3 is 5.97 Å². The molecule has 0 aliphatic heterocycles. The monoisotopic (exact) mass is 515 g/mol. The van der Waals surface area contributed by atoms with E-state index in [4.69, 9.17) is 9.47 Å². The molecule has 0 N–H and O–H groups in total. The molecule has 1 amide bonds. The van der Waals surface area contributed by atoms with Gasteiger partial charge in [0, 0.05) is 5.69 Å². The van der Waals surface area contributed by atoms with Crippen molar-refractivity contribution < 1.29 is 27.8 Å². The Kier molecular flexibility index (Phi) is 7.86. The van der Waals surface area contributed by atoms with E-state index in [1.54, 1.807) is 39.0 Å². The Morgan fingerprint density at radius 1 is 0.737 bits per heavy atom. The van der Waals surface area contributed by atoms with Crippen LogP contribution in [0.2, 0.25) is 0 Å². The van der Waals surface area contributed by atoms with E-state index in [0.717, 1.165) is 28.2 Å². The fraction of sp³-hybridized carbons (Fsp3) is 0.161. The third-order valence-electron chi connectivity index (χ3n) is 5.45. The Morgan fingerprint density at radius 3 is 1.97 bits per heavy atom. The van der Waals surface area contributed by atoms with Crippen LogP contribution in [0.25, 0.3) is 11.1 Å². The van der Waals surface area contributed by atoms with E-state index < -0.39 is 41.2 Å². The van der Waals surface area contributed by atoms with Gasteiger partial charge in [-0.2, -0.15) is 0 Å². The number of ether oxygens (including phenoxy) is 2. The third-order valence-corrected chi connectivity index (χ3v) is 5.45. The molecule has 4 rings (SSSR count). The first-order valence-electron chi connectivity index (χ1n) is 12.0. The minimum absolute atomic E-state index is 0.283. The summed E-state index contributed by atoms with van der Waals surface area (Å²) < 4.78 is 40.2. The smallest absolute Gasteiger partial charge is 0.326 e. The molecule has 194 valence electrons. The van der Waals surface area contributed by atoms with Crippen molar-refractivity contribution in [3.05, 3.63) is 114 Å². The predicted molar refractivity (Wildman–Crippen MR) is 142 cm³/mol. The Balaban J connectivity index is 1.65. The van der Waals surface area contributed by atoms with E-state index in [9.17, 15) is 18.4 Å². The molecule has 38 heavy (non-hydrogen) atoms. The minimum Gasteiger partial charge on any atom is -0.459 e. The molecule has 0 aliphatic carbocycles. The number of hydrogen-bond donors (Lipinski definition) is 0. The van der Waals surface area contributed by atoms with Gasteiger partial charge in [-0.15, -0.1) is 0 Å². The fourth-order valence-electron chi connectivity index (χ4n) is 3.81. The maximum atomic E-state index is 14.5. The van der Waals surface area contributed by atoms with E-state index in [2.05, 4.69) is 0 Å². The molecule has 5 nitrogen and oxygen atoms in total. The summed E-state index contributed by atoms with van der Waals surface area (Å²) in [5, 5.41) is 0. The molecule has 7 heteroatoms. The average Bonchev–Trinajstić information content (AvgIpc) is 2.87. The molecule has 0 atom stereocenters. The number of nitrogens with zero attached hydrogens (tertiary/aromatic N) is 1. The van der Waals surface area contributed by atoms with Crippen molar-refractivity contribution in [2.75, 3.05) is 11.4 Å². The largest absolute Gasteiger partial charge is 0.459 e. The van der Waals surface area contributed by atoms with Crippen LogP contribution in [0.4, 0.5) is 14.5 Å². The number of carbonyl (C=O) groups is 2. The molecule has 0 spiro atoms. The van der Waals surface area contributed by atoms with Crippen molar-refractivity contribution in [1.82, 2.24) is 0 Å². The molecule has 0 radical (unpaired) electrons. The van der Waals surface area contributed by atoms with Crippen LogP contribution in [0.3, 0.4) is 0 Å². The minimum atomic E-state index is -1.02. The summed E-state index contributed by atoms with van der Waals surface area (Å²) in [6, 6.07) is 26.7. The summed E-state index contributed by atoms with van der Waals surface area (Å²) in [5.41, 5.74) is 0.272. The zero-order chi connectivity index (χ0) is 27.3. The first kappa shape index (κ1) is 26.5. The van der Waals surface area contributed by atoms with E-state index in [-0.39, 0.29) is 5.69 Å². The summed E-state index contributed by atoms with van der Waals surface area (Å²) in [5.74, 6) is -2.39. The Morgan fingerprint density at radius 2 is 1.34 bits per heavy atom. The van der Waals surface area contributed by atoms with Crippen LogP contribution in [-0.2, 0) is 9.53 Å². The molecule has 0 aliphatic rings. The van der Waals surface area contributed by atoms with Gasteiger partial charge in [-0.25, -0.2) is 8.78 Å². The second-order valence-electron chi connectivity index (χ2n) is 9.56. The molecule has 0 bridgehead atoms. The van der Waals surface area contributed by atoms with E-state index in [1.165, 1.54) is 6.07 Å². The van der Waals surface area contributed by atoms with Gasteiger partial charge in [0.15, 0.2) is 0 Å². The predicted octanol–water partition coefficient (Wildman–Crippen LogP) is 7.41. The van der Waals surface area contributed by atoms with Crippen molar-refractivity contribution in [2.45, 2.75) is 26.4 Å². The number of esters is 1. The lowest BCUT2D eigenvalue weighted by Gasteiger charge is -2.26. The van der Waals surface area contributed by atoms with Crippen LogP contribution >= 0.6 is 0 Å². The van der Waals surface area contributed by atoms with Crippen LogP contribution in [0, 0.1) is 11.6 Å². The zero-order valence-corrected chi connectivity index (χ0v) is 21.3. The fourth-order valence-corrected chi connectivity index (χ4v) is 3.81. The van der Waals surface area contributed by atoms with Crippen molar-refractivity contribution in [1.29, 1.82) is 0 Å². The molecule has 0 saturated heterocycles. The maximum Gasteiger partial charge on any atom is 0.326 e. The zero-order valence-electron chi connectivity index (χ0n) is 21.3. The highest BCUT2D eigenvalue weighted by Crippen LogP contribution is 2.29. The molecule has 4 aromatic rings.